The zero-order valence-corrected chi connectivity index (χ0v) is 23.2. The molecule has 1 saturated carbocycles. The number of ether oxygens (including phenoxy) is 2. The molecule has 202 valence electrons. The number of aromatic nitrogens is 4. The van der Waals surface area contributed by atoms with Gasteiger partial charge in [-0.2, -0.15) is 0 Å². The van der Waals surface area contributed by atoms with Gasteiger partial charge in [0.1, 0.15) is 21.5 Å². The summed E-state index contributed by atoms with van der Waals surface area (Å²) in [6.07, 6.45) is 3.15. The van der Waals surface area contributed by atoms with Gasteiger partial charge < -0.3 is 20.1 Å². The van der Waals surface area contributed by atoms with Crippen LogP contribution in [0.4, 0.5) is 10.3 Å². The second-order valence-corrected chi connectivity index (χ2v) is 11.2. The molecular weight excluding hydrogens is 536 g/mol. The second kappa shape index (κ2) is 12.3. The molecule has 0 radical (unpaired) electrons. The van der Waals surface area contributed by atoms with Crippen molar-refractivity contribution in [2.24, 2.45) is 0 Å². The van der Waals surface area contributed by atoms with Crippen molar-refractivity contribution in [3.8, 4) is 11.5 Å². The van der Waals surface area contributed by atoms with Crippen LogP contribution in [-0.2, 0) is 22.4 Å². The fourth-order valence-corrected chi connectivity index (χ4v) is 6.52. The summed E-state index contributed by atoms with van der Waals surface area (Å²) in [7, 11) is 3.18. The Kier molecular flexibility index (Phi) is 8.42. The molecule has 2 N–H and O–H groups in total. The first kappa shape index (κ1) is 26.7. The van der Waals surface area contributed by atoms with Crippen LogP contribution in [0.2, 0.25) is 0 Å². The van der Waals surface area contributed by atoms with E-state index in [-0.39, 0.29) is 36.5 Å². The zero-order chi connectivity index (χ0) is 27.2. The van der Waals surface area contributed by atoms with Crippen LogP contribution in [0.25, 0.3) is 0 Å². The topological polar surface area (TPSA) is 128 Å². The van der Waals surface area contributed by atoms with E-state index >= 15 is 0 Å². The van der Waals surface area contributed by atoms with E-state index in [9.17, 15) is 9.59 Å². The van der Waals surface area contributed by atoms with Crippen molar-refractivity contribution in [2.75, 3.05) is 24.9 Å². The van der Waals surface area contributed by atoms with E-state index in [0.29, 0.717) is 21.8 Å². The van der Waals surface area contributed by atoms with Crippen molar-refractivity contribution in [1.82, 2.24) is 20.4 Å². The number of carbonyl (C=O) groups is 2. The number of benzene rings is 2. The minimum atomic E-state index is -0.166. The Morgan fingerprint density at radius 1 is 0.744 bits per heavy atom. The molecule has 39 heavy (non-hydrogen) atoms. The van der Waals surface area contributed by atoms with Gasteiger partial charge in [-0.3, -0.25) is 9.59 Å². The Labute approximate surface area is 233 Å². The van der Waals surface area contributed by atoms with Crippen molar-refractivity contribution in [1.29, 1.82) is 0 Å². The van der Waals surface area contributed by atoms with Crippen LogP contribution in [0.3, 0.4) is 0 Å². The van der Waals surface area contributed by atoms with Crippen molar-refractivity contribution in [3.63, 3.8) is 0 Å². The smallest absolute Gasteiger partial charge is 0.230 e. The fourth-order valence-electron chi connectivity index (χ4n) is 4.70. The lowest BCUT2D eigenvalue weighted by Crippen LogP contribution is -2.14. The average Bonchev–Trinajstić information content (AvgIpc) is 3.70. The Morgan fingerprint density at radius 3 is 1.62 bits per heavy atom. The summed E-state index contributed by atoms with van der Waals surface area (Å²) < 4.78 is 10.7. The summed E-state index contributed by atoms with van der Waals surface area (Å²) in [6.45, 7) is 0. The molecule has 1 aliphatic carbocycles. The van der Waals surface area contributed by atoms with E-state index in [0.717, 1.165) is 40.4 Å². The first-order valence-corrected chi connectivity index (χ1v) is 14.2. The van der Waals surface area contributed by atoms with Crippen LogP contribution < -0.4 is 20.1 Å². The van der Waals surface area contributed by atoms with Crippen LogP contribution in [-0.4, -0.2) is 46.4 Å². The van der Waals surface area contributed by atoms with Gasteiger partial charge in [-0.15, -0.1) is 20.4 Å². The number of hydrogen-bond donors (Lipinski definition) is 2. The predicted molar refractivity (Wildman–Crippen MR) is 150 cm³/mol. The molecule has 2 unspecified atom stereocenters. The van der Waals surface area contributed by atoms with Gasteiger partial charge in [0.15, 0.2) is 0 Å². The van der Waals surface area contributed by atoms with Crippen molar-refractivity contribution >= 4 is 44.8 Å². The number of nitrogens with zero attached hydrogens (tertiary/aromatic N) is 4. The molecule has 2 amide bonds. The van der Waals surface area contributed by atoms with Crippen molar-refractivity contribution < 1.29 is 19.1 Å². The van der Waals surface area contributed by atoms with E-state index in [1.54, 1.807) is 14.2 Å². The summed E-state index contributed by atoms with van der Waals surface area (Å²) in [5, 5.41) is 25.6. The van der Waals surface area contributed by atoms with E-state index in [4.69, 9.17) is 9.47 Å². The lowest BCUT2D eigenvalue weighted by atomic mass is 10.1. The number of hydrogen-bond acceptors (Lipinski definition) is 10. The molecular formula is C27H28N6O4S2. The van der Waals surface area contributed by atoms with E-state index in [1.807, 2.05) is 48.5 Å². The third-order valence-corrected chi connectivity index (χ3v) is 8.59. The Hall–Kier alpha value is -3.90. The summed E-state index contributed by atoms with van der Waals surface area (Å²) in [5.74, 6) is 1.50. The Morgan fingerprint density at radius 2 is 1.18 bits per heavy atom. The lowest BCUT2D eigenvalue weighted by Gasteiger charge is -2.07. The molecule has 2 aromatic heterocycles. The standard InChI is InChI=1S/C27H28N6O4S2/c1-36-20-9-5-3-7-16(20)14-22(34)28-26-32-30-24(38-26)18-11-12-19(13-18)25-31-33-27(39-25)29-23(35)15-17-8-4-6-10-21(17)37-2/h3-10,18-19H,11-15H2,1-2H3,(H,28,32,34)(H,29,33,35). The van der Waals surface area contributed by atoms with Gasteiger partial charge in [0.2, 0.25) is 22.1 Å². The number of carbonyl (C=O) groups excluding carboxylic acids is 2. The summed E-state index contributed by atoms with van der Waals surface area (Å²) in [6, 6.07) is 14.9. The van der Waals surface area contributed by atoms with Crippen LogP contribution >= 0.6 is 22.7 Å². The van der Waals surface area contributed by atoms with Crippen LogP contribution in [0.5, 0.6) is 11.5 Å². The van der Waals surface area contributed by atoms with Gasteiger partial charge in [-0.1, -0.05) is 59.1 Å². The molecule has 5 rings (SSSR count). The van der Waals surface area contributed by atoms with Crippen molar-refractivity contribution in [2.45, 2.75) is 43.9 Å². The van der Waals surface area contributed by atoms with Gasteiger partial charge in [-0.05, 0) is 31.4 Å². The number of rotatable bonds is 10. The third-order valence-electron chi connectivity index (χ3n) is 6.59. The molecule has 2 atom stereocenters. The van der Waals surface area contributed by atoms with E-state index in [2.05, 4.69) is 31.0 Å². The number of anilines is 2. The van der Waals surface area contributed by atoms with Gasteiger partial charge in [0.25, 0.3) is 0 Å². The second-order valence-electron chi connectivity index (χ2n) is 9.17. The zero-order valence-electron chi connectivity index (χ0n) is 21.5. The first-order valence-electron chi connectivity index (χ1n) is 12.5. The summed E-state index contributed by atoms with van der Waals surface area (Å²) >= 11 is 2.82. The minimum absolute atomic E-state index is 0.166. The highest BCUT2D eigenvalue weighted by molar-refractivity contribution is 7.15. The largest absolute Gasteiger partial charge is 0.496 e. The molecule has 10 nitrogen and oxygen atoms in total. The molecule has 1 fully saturated rings. The highest BCUT2D eigenvalue weighted by Gasteiger charge is 2.32. The quantitative estimate of drug-likeness (QED) is 0.281. The highest BCUT2D eigenvalue weighted by atomic mass is 32.1. The molecule has 1 aliphatic rings. The lowest BCUT2D eigenvalue weighted by molar-refractivity contribution is -0.116. The predicted octanol–water partition coefficient (Wildman–Crippen LogP) is 4.82. The number of nitrogens with one attached hydrogen (secondary N) is 2. The number of methoxy groups -OCH3 is 2. The Balaban J connectivity index is 1.13. The minimum Gasteiger partial charge on any atom is -0.496 e. The van der Waals surface area contributed by atoms with Crippen LogP contribution in [0, 0.1) is 0 Å². The SMILES string of the molecule is COc1ccccc1CC(=O)Nc1nnc(C2CCC(c3nnc(NC(=O)Cc4ccccc4OC)s3)C2)s1. The monoisotopic (exact) mass is 564 g/mol. The molecule has 4 aromatic rings. The molecule has 0 bridgehead atoms. The maximum Gasteiger partial charge on any atom is 0.230 e. The highest BCUT2D eigenvalue weighted by Crippen LogP contribution is 2.45. The fraction of sp³-hybridized carbons (Fsp3) is 0.333. The van der Waals surface area contributed by atoms with E-state index < -0.39 is 0 Å². The maximum absolute atomic E-state index is 12.6. The molecule has 2 aromatic carbocycles. The normalized spacial score (nSPS) is 16.6. The molecule has 0 saturated heterocycles. The van der Waals surface area contributed by atoms with Gasteiger partial charge in [0.05, 0.1) is 27.1 Å². The molecule has 2 heterocycles. The summed E-state index contributed by atoms with van der Waals surface area (Å²) in [4.78, 5) is 25.1. The Bertz CT molecular complexity index is 1350. The van der Waals surface area contributed by atoms with Crippen molar-refractivity contribution in [3.05, 3.63) is 69.7 Å². The van der Waals surface area contributed by atoms with Crippen LogP contribution in [0.1, 0.15) is 52.2 Å². The van der Waals surface area contributed by atoms with E-state index in [1.165, 1.54) is 22.7 Å². The number of amides is 2. The van der Waals surface area contributed by atoms with Gasteiger partial charge >= 0.3 is 0 Å². The number of para-hydroxylation sites is 2. The molecule has 12 heteroatoms. The maximum atomic E-state index is 12.6. The molecule has 0 aliphatic heterocycles. The molecule has 0 spiro atoms. The first-order chi connectivity index (χ1) is 19.0. The third kappa shape index (κ3) is 6.58. The van der Waals surface area contributed by atoms with Gasteiger partial charge in [-0.25, -0.2) is 0 Å². The van der Waals surface area contributed by atoms with Crippen LogP contribution in [0.15, 0.2) is 48.5 Å². The summed E-state index contributed by atoms with van der Waals surface area (Å²) in [5.41, 5.74) is 1.63. The van der Waals surface area contributed by atoms with Gasteiger partial charge in [0, 0.05) is 23.0 Å². The average molecular weight is 565 g/mol.